The predicted molar refractivity (Wildman–Crippen MR) is 105 cm³/mol. The Balaban J connectivity index is 2.05. The van der Waals surface area contributed by atoms with Crippen LogP contribution in [0.15, 0.2) is 42.6 Å². The molecule has 2 heterocycles. The molecule has 4 rings (SSSR count). The summed E-state index contributed by atoms with van der Waals surface area (Å²) in [4.78, 5) is 3.84. The Kier molecular flexibility index (Phi) is 3.72. The fourth-order valence-electron chi connectivity index (χ4n) is 3.66. The van der Waals surface area contributed by atoms with Crippen LogP contribution in [0.4, 0.5) is 0 Å². The first kappa shape index (κ1) is 16.3. The van der Waals surface area contributed by atoms with Gasteiger partial charge in [0.05, 0.1) is 0 Å². The molecule has 1 aliphatic heterocycles. The number of aryl methyl sites for hydroxylation is 2. The van der Waals surface area contributed by atoms with Crippen LogP contribution in [0.2, 0.25) is 0 Å². The van der Waals surface area contributed by atoms with Gasteiger partial charge in [-0.05, 0) is 0 Å². The van der Waals surface area contributed by atoms with Crippen LogP contribution in [0.3, 0.4) is 0 Å². The molecule has 3 aromatic rings. The Morgan fingerprint density at radius 1 is 1.16 bits per heavy atom. The summed E-state index contributed by atoms with van der Waals surface area (Å²) in [7, 11) is 2.14. The predicted octanol–water partition coefficient (Wildman–Crippen LogP) is 2.85. The maximum atomic E-state index is 7.51. The van der Waals surface area contributed by atoms with Crippen molar-refractivity contribution in [2.75, 3.05) is 0 Å². The number of benzene rings is 2. The maximum absolute atomic E-state index is 7.51. The van der Waals surface area contributed by atoms with Crippen molar-refractivity contribution in [2.24, 2.45) is 7.05 Å². The van der Waals surface area contributed by atoms with Crippen LogP contribution in [0, 0.1) is 13.5 Å². The minimum atomic E-state index is -0.359. The van der Waals surface area contributed by atoms with Crippen LogP contribution in [0.5, 0.6) is 0 Å². The Bertz CT molecular complexity index is 1060. The van der Waals surface area contributed by atoms with Crippen molar-refractivity contribution in [3.8, 4) is 11.3 Å². The summed E-state index contributed by atoms with van der Waals surface area (Å²) in [6, 6.07) is 13.4. The van der Waals surface area contributed by atoms with E-state index in [1.54, 1.807) is 0 Å². The molecule has 2 nitrogen and oxygen atoms in total. The summed E-state index contributed by atoms with van der Waals surface area (Å²) < 4.78 is 5.18. The van der Waals surface area contributed by atoms with E-state index < -0.39 is 0 Å². The normalized spacial score (nSPS) is 12.8. The first-order valence-corrected chi connectivity index (χ1v) is 10.2. The summed E-state index contributed by atoms with van der Waals surface area (Å²) in [5.74, 6) is 0. The van der Waals surface area contributed by atoms with Crippen molar-refractivity contribution in [1.29, 1.82) is 0 Å². The van der Waals surface area contributed by atoms with Crippen molar-refractivity contribution in [2.45, 2.75) is 32.7 Å². The summed E-state index contributed by atoms with van der Waals surface area (Å²) in [5, 5.41) is 2.75. The van der Waals surface area contributed by atoms with E-state index in [0.717, 1.165) is 6.42 Å². The Hall–Kier alpha value is -2.14. The molecule has 3 heteroatoms. The van der Waals surface area contributed by atoms with E-state index in [9.17, 15) is 0 Å². The summed E-state index contributed by atoms with van der Waals surface area (Å²) in [5.41, 5.74) is 5.03. The van der Waals surface area contributed by atoms with Crippen LogP contribution in [-0.2, 0) is 13.5 Å². The van der Waals surface area contributed by atoms with E-state index in [0.29, 0.717) is 0 Å². The van der Waals surface area contributed by atoms with Gasteiger partial charge >= 0.3 is 155 Å². The molecule has 0 amide bonds. The van der Waals surface area contributed by atoms with E-state index in [4.69, 9.17) is 6.57 Å². The zero-order valence-electron chi connectivity index (χ0n) is 15.1. The molecule has 0 atom stereocenters. The zero-order valence-corrected chi connectivity index (χ0v) is 16.8. The third-order valence-corrected chi connectivity index (χ3v) is 7.51. The number of hydrogen-bond acceptors (Lipinski definition) is 0. The first-order chi connectivity index (χ1) is 11.9. The van der Waals surface area contributed by atoms with Gasteiger partial charge in [0.15, 0.2) is 0 Å². The van der Waals surface area contributed by atoms with Crippen LogP contribution in [0.1, 0.15) is 25.0 Å². The molecular weight excluding hydrogens is 371 g/mol. The van der Waals surface area contributed by atoms with Gasteiger partial charge in [-0.15, -0.1) is 0 Å². The molecule has 25 heavy (non-hydrogen) atoms. The van der Waals surface area contributed by atoms with Crippen LogP contribution in [-0.4, -0.2) is 20.5 Å². The molecule has 0 N–H and O–H groups in total. The molecule has 0 bridgehead atoms. The zero-order chi connectivity index (χ0) is 17.8. The summed E-state index contributed by atoms with van der Waals surface area (Å²) in [6.07, 6.45) is 2.97. The van der Waals surface area contributed by atoms with Crippen LogP contribution >= 0.6 is 0 Å². The van der Waals surface area contributed by atoms with E-state index in [-0.39, 0.29) is 20.5 Å². The van der Waals surface area contributed by atoms with Gasteiger partial charge in [-0.1, -0.05) is 0 Å². The number of aromatic nitrogens is 1. The van der Waals surface area contributed by atoms with Crippen molar-refractivity contribution < 1.29 is 4.57 Å². The van der Waals surface area contributed by atoms with Crippen LogP contribution < -0.4 is 13.5 Å². The van der Waals surface area contributed by atoms with E-state index >= 15 is 0 Å². The van der Waals surface area contributed by atoms with E-state index in [2.05, 4.69) is 66.0 Å². The van der Waals surface area contributed by atoms with Crippen LogP contribution in [0.25, 0.3) is 26.9 Å². The molecule has 0 aliphatic carbocycles. The fraction of sp³-hybridized carbons (Fsp3) is 0.273. The van der Waals surface area contributed by atoms with Gasteiger partial charge in [0, 0.05) is 0 Å². The van der Waals surface area contributed by atoms with Crippen molar-refractivity contribution >= 4 is 34.7 Å². The second-order valence-corrected chi connectivity index (χ2v) is 9.65. The molecule has 0 saturated heterocycles. The van der Waals surface area contributed by atoms with Gasteiger partial charge in [0.2, 0.25) is 0 Å². The second-order valence-electron chi connectivity index (χ2n) is 7.44. The average Bonchev–Trinajstić information content (AvgIpc) is 2.60. The summed E-state index contributed by atoms with van der Waals surface area (Å²) >= 11 is 0.266. The van der Waals surface area contributed by atoms with Gasteiger partial charge < -0.3 is 0 Å². The number of hydrogen-bond donors (Lipinski definition) is 0. The topological polar surface area (TPSA) is 8.24 Å². The van der Waals surface area contributed by atoms with Crippen molar-refractivity contribution in [3.05, 3.63) is 65.1 Å². The standard InChI is InChI=1S/C22H21N2Se/c1-14-9-10-15-7-6-8-17-19(15)18(14)20-21(25-17)16(11-12-24(20)5)13-22(2,3)23-4/h6-12H,13H2,1-3,5H3/q+1. The van der Waals surface area contributed by atoms with E-state index in [1.165, 1.54) is 42.1 Å². The minimum absolute atomic E-state index is 0.266. The fourth-order valence-corrected chi connectivity index (χ4v) is 6.40. The number of nitrogens with zero attached hydrogens (tertiary/aromatic N) is 2. The monoisotopic (exact) mass is 393 g/mol. The van der Waals surface area contributed by atoms with E-state index in [1.807, 2.05) is 13.8 Å². The third-order valence-electron chi connectivity index (χ3n) is 4.95. The quantitative estimate of drug-likeness (QED) is 0.282. The van der Waals surface area contributed by atoms with Gasteiger partial charge in [-0.2, -0.15) is 0 Å². The Morgan fingerprint density at radius 3 is 2.72 bits per heavy atom. The number of pyridine rings is 1. The molecule has 1 aromatic heterocycles. The number of rotatable bonds is 2. The molecule has 2 aromatic carbocycles. The second kappa shape index (κ2) is 5.70. The SMILES string of the molecule is [C-]#[N+]C(C)(C)Cc1cc[n+](C)c2c1[Se]c1cccc3ccc(C)c-2c13. The molecule has 0 unspecified atom stereocenters. The third kappa shape index (κ3) is 2.58. The molecule has 0 saturated carbocycles. The van der Waals surface area contributed by atoms with Crippen molar-refractivity contribution in [3.63, 3.8) is 0 Å². The average molecular weight is 392 g/mol. The van der Waals surface area contributed by atoms with Gasteiger partial charge in [-0.25, -0.2) is 0 Å². The first-order valence-electron chi connectivity index (χ1n) is 8.52. The van der Waals surface area contributed by atoms with Gasteiger partial charge in [-0.3, -0.25) is 0 Å². The molecular formula is C22H21N2Se+. The van der Waals surface area contributed by atoms with Crippen molar-refractivity contribution in [1.82, 2.24) is 0 Å². The Morgan fingerprint density at radius 2 is 1.96 bits per heavy atom. The molecule has 0 radical (unpaired) electrons. The number of fused-ring (bicyclic) bond motifs is 2. The summed E-state index contributed by atoms with van der Waals surface area (Å²) in [6.45, 7) is 13.8. The molecule has 0 spiro atoms. The van der Waals surface area contributed by atoms with Gasteiger partial charge in [0.1, 0.15) is 0 Å². The molecule has 1 aliphatic rings. The molecule has 0 fully saturated rings. The molecule has 124 valence electrons. The van der Waals surface area contributed by atoms with Gasteiger partial charge in [0.25, 0.3) is 0 Å². The Labute approximate surface area is 155 Å².